The Hall–Kier alpha value is -1.70. The van der Waals surface area contributed by atoms with Gasteiger partial charge in [-0.15, -0.1) is 0 Å². The van der Waals surface area contributed by atoms with E-state index in [9.17, 15) is 0 Å². The molecule has 0 fully saturated rings. The summed E-state index contributed by atoms with van der Waals surface area (Å²) in [5.74, 6) is 0. The van der Waals surface area contributed by atoms with Crippen molar-refractivity contribution in [1.29, 1.82) is 5.41 Å². The Morgan fingerprint density at radius 3 is 2.25 bits per heavy atom. The topological polar surface area (TPSA) is 36.7 Å². The Kier molecular flexibility index (Phi) is 4.69. The molecular weight excluding hydrogens is 244 g/mol. The lowest BCUT2D eigenvalue weighted by Crippen LogP contribution is -2.14. The van der Waals surface area contributed by atoms with Crippen LogP contribution in [0.1, 0.15) is 52.8 Å². The number of hydrogen-bond donors (Lipinski definition) is 1. The Morgan fingerprint density at radius 2 is 1.80 bits per heavy atom. The molecule has 2 nitrogen and oxygen atoms in total. The highest BCUT2D eigenvalue weighted by atomic mass is 14.7. The number of nitrogens with one attached hydrogen (secondary N) is 1. The van der Waals surface area contributed by atoms with E-state index < -0.39 is 0 Å². The van der Waals surface area contributed by atoms with E-state index in [-0.39, 0.29) is 10.8 Å². The molecule has 0 unspecified atom stereocenters. The maximum Gasteiger partial charge on any atom is 0.0881 e. The molecule has 1 aromatic heterocycles. The van der Waals surface area contributed by atoms with E-state index >= 15 is 0 Å². The van der Waals surface area contributed by atoms with E-state index in [0.29, 0.717) is 11.4 Å². The van der Waals surface area contributed by atoms with Gasteiger partial charge >= 0.3 is 0 Å². The third kappa shape index (κ3) is 4.16. The number of allylic oxidation sites excluding steroid dienone is 3. The molecule has 0 aliphatic rings. The number of rotatable bonds is 3. The van der Waals surface area contributed by atoms with Gasteiger partial charge in [0.1, 0.15) is 0 Å². The van der Waals surface area contributed by atoms with Crippen LogP contribution in [-0.2, 0) is 5.41 Å². The van der Waals surface area contributed by atoms with E-state index in [4.69, 9.17) is 5.41 Å². The van der Waals surface area contributed by atoms with Gasteiger partial charge in [0.2, 0.25) is 0 Å². The molecule has 0 amide bonds. The molecule has 0 aliphatic heterocycles. The predicted molar refractivity (Wildman–Crippen MR) is 87.5 cm³/mol. The van der Waals surface area contributed by atoms with Gasteiger partial charge in [0, 0.05) is 6.20 Å². The summed E-state index contributed by atoms with van der Waals surface area (Å²) >= 11 is 0. The average molecular weight is 270 g/mol. The third-order valence-electron chi connectivity index (χ3n) is 3.29. The molecule has 0 spiro atoms. The highest BCUT2D eigenvalue weighted by molar-refractivity contribution is 6.05. The molecule has 0 radical (unpaired) electrons. The zero-order valence-corrected chi connectivity index (χ0v) is 13.5. The van der Waals surface area contributed by atoms with Crippen LogP contribution in [0.2, 0.25) is 0 Å². The van der Waals surface area contributed by atoms with Gasteiger partial charge in [-0.05, 0) is 40.2 Å². The average Bonchev–Trinajstić information content (AvgIpc) is 2.33. The second-order valence-electron chi connectivity index (χ2n) is 7.15. The van der Waals surface area contributed by atoms with Crippen molar-refractivity contribution in [2.24, 2.45) is 5.41 Å². The zero-order valence-electron chi connectivity index (χ0n) is 13.5. The SMILES string of the molecule is C=C/C(=C\C(=N)c1cc(C(C)(C)C)ccn1)C(C)(C)C. The van der Waals surface area contributed by atoms with E-state index in [1.165, 1.54) is 5.56 Å². The molecule has 20 heavy (non-hydrogen) atoms. The summed E-state index contributed by atoms with van der Waals surface area (Å²) < 4.78 is 0. The van der Waals surface area contributed by atoms with Gasteiger partial charge in [0.05, 0.1) is 11.4 Å². The lowest BCUT2D eigenvalue weighted by molar-refractivity contribution is 0.518. The second-order valence-corrected chi connectivity index (χ2v) is 7.15. The van der Waals surface area contributed by atoms with Crippen molar-refractivity contribution in [3.8, 4) is 0 Å². The van der Waals surface area contributed by atoms with Gasteiger partial charge < -0.3 is 0 Å². The first kappa shape index (κ1) is 16.4. The number of hydrogen-bond acceptors (Lipinski definition) is 2. The summed E-state index contributed by atoms with van der Waals surface area (Å²) in [4.78, 5) is 4.32. The van der Waals surface area contributed by atoms with E-state index in [1.54, 1.807) is 6.20 Å². The fourth-order valence-electron chi connectivity index (χ4n) is 1.86. The number of pyridine rings is 1. The third-order valence-corrected chi connectivity index (χ3v) is 3.29. The van der Waals surface area contributed by atoms with Crippen molar-refractivity contribution in [2.45, 2.75) is 47.0 Å². The smallest absolute Gasteiger partial charge is 0.0881 e. The molecule has 0 atom stereocenters. The van der Waals surface area contributed by atoms with Crippen molar-refractivity contribution in [1.82, 2.24) is 4.98 Å². The molecule has 1 heterocycles. The normalized spacial score (nSPS) is 13.2. The molecule has 0 saturated heterocycles. The number of aromatic nitrogens is 1. The van der Waals surface area contributed by atoms with Crippen molar-refractivity contribution >= 4 is 5.71 Å². The van der Waals surface area contributed by atoms with Crippen LogP contribution in [0, 0.1) is 10.8 Å². The fourth-order valence-corrected chi connectivity index (χ4v) is 1.86. The molecule has 108 valence electrons. The van der Waals surface area contributed by atoms with E-state index in [0.717, 1.165) is 5.57 Å². The van der Waals surface area contributed by atoms with Crippen LogP contribution < -0.4 is 0 Å². The Morgan fingerprint density at radius 1 is 1.20 bits per heavy atom. The minimum atomic E-state index is -0.0182. The van der Waals surface area contributed by atoms with Crippen LogP contribution in [0.3, 0.4) is 0 Å². The van der Waals surface area contributed by atoms with Crippen LogP contribution in [0.25, 0.3) is 0 Å². The number of nitrogens with zero attached hydrogens (tertiary/aromatic N) is 1. The summed E-state index contributed by atoms with van der Waals surface area (Å²) in [5.41, 5.74) is 3.42. The van der Waals surface area contributed by atoms with Crippen molar-refractivity contribution in [3.63, 3.8) is 0 Å². The van der Waals surface area contributed by atoms with E-state index in [1.807, 2.05) is 24.3 Å². The van der Waals surface area contributed by atoms with Crippen LogP contribution in [0.4, 0.5) is 0 Å². The maximum atomic E-state index is 8.26. The van der Waals surface area contributed by atoms with Gasteiger partial charge in [-0.1, -0.05) is 54.2 Å². The van der Waals surface area contributed by atoms with Crippen molar-refractivity contribution in [2.75, 3.05) is 0 Å². The van der Waals surface area contributed by atoms with Gasteiger partial charge in [-0.25, -0.2) is 0 Å². The minimum absolute atomic E-state index is 0.0182. The van der Waals surface area contributed by atoms with Crippen LogP contribution >= 0.6 is 0 Å². The van der Waals surface area contributed by atoms with Gasteiger partial charge in [-0.2, -0.15) is 0 Å². The summed E-state index contributed by atoms with van der Waals surface area (Å²) in [5, 5.41) is 8.26. The van der Waals surface area contributed by atoms with Crippen LogP contribution in [0.5, 0.6) is 0 Å². The predicted octanol–water partition coefficient (Wildman–Crippen LogP) is 4.91. The van der Waals surface area contributed by atoms with Gasteiger partial charge in [0.25, 0.3) is 0 Å². The Labute approximate surface area is 123 Å². The highest BCUT2D eigenvalue weighted by Crippen LogP contribution is 2.27. The summed E-state index contributed by atoms with van der Waals surface area (Å²) in [6.07, 6.45) is 5.47. The van der Waals surface area contributed by atoms with E-state index in [2.05, 4.69) is 53.1 Å². The van der Waals surface area contributed by atoms with Crippen LogP contribution in [-0.4, -0.2) is 10.7 Å². The standard InChI is InChI=1S/C18H26N2/c1-8-13(17(2,3)4)11-15(19)16-12-14(9-10-20-16)18(5,6)7/h8-12,19H,1H2,2-7H3/b13-11+,19-15?. The first-order valence-electron chi connectivity index (χ1n) is 6.96. The summed E-state index contributed by atoms with van der Waals surface area (Å²) in [6, 6.07) is 4.01. The molecule has 2 heteroatoms. The van der Waals surface area contributed by atoms with Crippen molar-refractivity contribution in [3.05, 3.63) is 53.9 Å². The summed E-state index contributed by atoms with van der Waals surface area (Å²) in [7, 11) is 0. The Bertz CT molecular complexity index is 537. The Balaban J connectivity index is 3.17. The monoisotopic (exact) mass is 270 g/mol. The highest BCUT2D eigenvalue weighted by Gasteiger charge is 2.17. The molecule has 0 bridgehead atoms. The van der Waals surface area contributed by atoms with Gasteiger partial charge in [0.15, 0.2) is 0 Å². The quantitative estimate of drug-likeness (QED) is 0.615. The largest absolute Gasteiger partial charge is 0.299 e. The molecule has 0 saturated carbocycles. The molecule has 1 aromatic rings. The molecule has 0 aromatic carbocycles. The molecule has 0 aliphatic carbocycles. The van der Waals surface area contributed by atoms with Crippen molar-refractivity contribution < 1.29 is 0 Å². The maximum absolute atomic E-state index is 8.26. The molecule has 1 rings (SSSR count). The fraction of sp³-hybridized carbons (Fsp3) is 0.444. The second kappa shape index (κ2) is 5.74. The zero-order chi connectivity index (χ0) is 15.6. The minimum Gasteiger partial charge on any atom is -0.299 e. The lowest BCUT2D eigenvalue weighted by atomic mass is 9.84. The first-order valence-corrected chi connectivity index (χ1v) is 6.96. The van der Waals surface area contributed by atoms with Crippen LogP contribution in [0.15, 0.2) is 42.6 Å². The molecule has 1 N–H and O–H groups in total. The molecular formula is C18H26N2. The van der Waals surface area contributed by atoms with Gasteiger partial charge in [-0.3, -0.25) is 10.4 Å². The first-order chi connectivity index (χ1) is 9.05. The lowest BCUT2D eigenvalue weighted by Gasteiger charge is -2.21. The summed E-state index contributed by atoms with van der Waals surface area (Å²) in [6.45, 7) is 16.7.